The van der Waals surface area contributed by atoms with Crippen LogP contribution in [0.25, 0.3) is 0 Å². The summed E-state index contributed by atoms with van der Waals surface area (Å²) in [5, 5.41) is 0. The molecule has 0 saturated carbocycles. The molecule has 1 aromatic carbocycles. The second-order valence-electron chi connectivity index (χ2n) is 3.99. The van der Waals surface area contributed by atoms with Crippen LogP contribution in [0.3, 0.4) is 0 Å². The zero-order chi connectivity index (χ0) is 13.7. The number of benzene rings is 1. The van der Waals surface area contributed by atoms with Crippen LogP contribution in [0.1, 0.15) is 18.4 Å². The lowest BCUT2D eigenvalue weighted by molar-refractivity contribution is -0.119. The smallest absolute Gasteiger partial charge is 0.209 e. The van der Waals surface area contributed by atoms with Crippen LogP contribution in [0.4, 0.5) is 0 Å². The molecule has 1 aliphatic rings. The van der Waals surface area contributed by atoms with Crippen LogP contribution in [0, 0.1) is 0 Å². The quantitative estimate of drug-likeness (QED) is 0.761. The number of hydrogen-bond acceptors (Lipinski definition) is 4. The number of Topliss-reactive ketones (excluding diaryl/α,β-unsaturated/α-hetero) is 1. The predicted octanol–water partition coefficient (Wildman–Crippen LogP) is 4.17. The molecule has 1 atom stereocenters. The zero-order valence-electron chi connectivity index (χ0n) is 11.0. The second-order valence-corrected chi connectivity index (χ2v) is 6.43. The summed E-state index contributed by atoms with van der Waals surface area (Å²) in [5.74, 6) is 0.319. The van der Waals surface area contributed by atoms with Crippen molar-refractivity contribution in [2.24, 2.45) is 0 Å². The summed E-state index contributed by atoms with van der Waals surface area (Å²) < 4.78 is 5.56. The Morgan fingerprint density at radius 2 is 2.00 bits per heavy atom. The Kier molecular flexibility index (Phi) is 5.16. The number of hydrogen-bond donors (Lipinski definition) is 0. The highest BCUT2D eigenvalue weighted by Gasteiger charge is 2.28. The van der Waals surface area contributed by atoms with E-state index in [0.29, 0.717) is 12.4 Å². The van der Waals surface area contributed by atoms with Crippen LogP contribution in [-0.2, 0) is 9.53 Å². The Bertz CT molecular complexity index is 506. The number of carbonyl (C=O) groups is 1. The minimum Gasteiger partial charge on any atom is -0.489 e. The first-order chi connectivity index (χ1) is 9.27. The van der Waals surface area contributed by atoms with E-state index in [0.717, 1.165) is 10.5 Å². The van der Waals surface area contributed by atoms with Gasteiger partial charge in [0.25, 0.3) is 0 Å². The van der Waals surface area contributed by atoms with E-state index in [9.17, 15) is 4.79 Å². The number of ketones is 1. The van der Waals surface area contributed by atoms with Gasteiger partial charge in [-0.15, -0.1) is 0 Å². The fourth-order valence-electron chi connectivity index (χ4n) is 1.97. The molecular weight excluding hydrogens is 276 g/mol. The molecule has 2 nitrogen and oxygen atoms in total. The average molecular weight is 292 g/mol. The lowest BCUT2D eigenvalue weighted by Crippen LogP contribution is -2.19. The fraction of sp³-hybridized carbons (Fsp3) is 0.267. The maximum atomic E-state index is 12.5. The molecule has 0 radical (unpaired) electrons. The van der Waals surface area contributed by atoms with Gasteiger partial charge in [-0.2, -0.15) is 0 Å². The van der Waals surface area contributed by atoms with Crippen molar-refractivity contribution < 1.29 is 9.53 Å². The molecule has 0 N–H and O–H groups in total. The first-order valence-corrected chi connectivity index (χ1v) is 8.68. The summed E-state index contributed by atoms with van der Waals surface area (Å²) in [6.45, 7) is 2.41. The van der Waals surface area contributed by atoms with Gasteiger partial charge in [0, 0.05) is 0 Å². The molecule has 0 amide bonds. The van der Waals surface area contributed by atoms with E-state index < -0.39 is 0 Å². The van der Waals surface area contributed by atoms with E-state index in [1.54, 1.807) is 21.6 Å². The lowest BCUT2D eigenvalue weighted by Gasteiger charge is -2.20. The van der Waals surface area contributed by atoms with Crippen molar-refractivity contribution in [1.29, 1.82) is 0 Å². The summed E-state index contributed by atoms with van der Waals surface area (Å²) in [4.78, 5) is 13.5. The normalized spacial score (nSPS) is 18.8. The highest BCUT2D eigenvalue weighted by atomic mass is 33.1. The summed E-state index contributed by atoms with van der Waals surface area (Å²) >= 11 is 0. The van der Waals surface area contributed by atoms with Gasteiger partial charge in [0.05, 0.1) is 17.4 Å². The maximum Gasteiger partial charge on any atom is 0.209 e. The molecule has 0 bridgehead atoms. The van der Waals surface area contributed by atoms with E-state index in [1.165, 1.54) is 0 Å². The lowest BCUT2D eigenvalue weighted by atomic mass is 9.90. The third-order valence-corrected chi connectivity index (χ3v) is 4.50. The molecular formula is C15H16O2S2. The molecule has 4 heteroatoms. The molecule has 0 aromatic heterocycles. The van der Waals surface area contributed by atoms with Crippen LogP contribution in [-0.4, -0.2) is 18.6 Å². The molecule has 1 aliphatic carbocycles. The molecule has 2 rings (SSSR count). The van der Waals surface area contributed by atoms with Crippen molar-refractivity contribution in [3.63, 3.8) is 0 Å². The van der Waals surface area contributed by atoms with Crippen LogP contribution >= 0.6 is 21.6 Å². The molecule has 0 heterocycles. The van der Waals surface area contributed by atoms with Gasteiger partial charge in [0.2, 0.25) is 5.78 Å². The van der Waals surface area contributed by atoms with Crippen LogP contribution < -0.4 is 0 Å². The Labute approximate surface area is 121 Å². The Morgan fingerprint density at radius 3 is 2.63 bits per heavy atom. The van der Waals surface area contributed by atoms with Crippen molar-refractivity contribution >= 4 is 27.4 Å². The van der Waals surface area contributed by atoms with Gasteiger partial charge >= 0.3 is 0 Å². The fourth-order valence-corrected chi connectivity index (χ4v) is 3.46. The summed E-state index contributed by atoms with van der Waals surface area (Å²) in [5.41, 5.74) is 1.01. The van der Waals surface area contributed by atoms with E-state index in [1.807, 2.05) is 55.7 Å². The van der Waals surface area contributed by atoms with Gasteiger partial charge in [-0.05, 0) is 24.8 Å². The number of carbonyl (C=O) groups excluding carboxylic acids is 1. The van der Waals surface area contributed by atoms with Crippen molar-refractivity contribution in [3.8, 4) is 0 Å². The first-order valence-electron chi connectivity index (χ1n) is 6.13. The Balaban J connectivity index is 2.31. The van der Waals surface area contributed by atoms with Gasteiger partial charge in [-0.1, -0.05) is 58.0 Å². The standard InChI is InChI=1S/C15H16O2S2/c1-3-17-15-13(19-18-2)10-9-12(14(15)16)11-7-5-4-6-8-11/h4-10,12H,3H2,1-2H3. The van der Waals surface area contributed by atoms with Crippen LogP contribution in [0.2, 0.25) is 0 Å². The highest BCUT2D eigenvalue weighted by molar-refractivity contribution is 8.78. The van der Waals surface area contributed by atoms with Crippen LogP contribution in [0.15, 0.2) is 53.1 Å². The molecule has 1 aromatic rings. The molecule has 1 unspecified atom stereocenters. The Hall–Kier alpha value is -1.13. The summed E-state index contributed by atoms with van der Waals surface area (Å²) in [6.07, 6.45) is 5.94. The molecule has 100 valence electrons. The van der Waals surface area contributed by atoms with Gasteiger partial charge in [0.1, 0.15) is 0 Å². The summed E-state index contributed by atoms with van der Waals surface area (Å²) in [6, 6.07) is 9.81. The number of ether oxygens (including phenoxy) is 1. The highest BCUT2D eigenvalue weighted by Crippen LogP contribution is 2.37. The number of rotatable bonds is 5. The maximum absolute atomic E-state index is 12.5. The van der Waals surface area contributed by atoms with Crippen molar-refractivity contribution in [2.75, 3.05) is 12.9 Å². The minimum absolute atomic E-state index is 0.0482. The molecule has 0 fully saturated rings. The largest absolute Gasteiger partial charge is 0.489 e. The molecule has 0 aliphatic heterocycles. The predicted molar refractivity (Wildman–Crippen MR) is 83.1 cm³/mol. The zero-order valence-corrected chi connectivity index (χ0v) is 12.6. The van der Waals surface area contributed by atoms with Crippen molar-refractivity contribution in [3.05, 3.63) is 58.7 Å². The monoisotopic (exact) mass is 292 g/mol. The van der Waals surface area contributed by atoms with Crippen molar-refractivity contribution in [2.45, 2.75) is 12.8 Å². The van der Waals surface area contributed by atoms with E-state index in [4.69, 9.17) is 4.74 Å². The van der Waals surface area contributed by atoms with E-state index >= 15 is 0 Å². The molecule has 19 heavy (non-hydrogen) atoms. The van der Waals surface area contributed by atoms with Gasteiger partial charge < -0.3 is 4.74 Å². The Morgan fingerprint density at radius 1 is 1.26 bits per heavy atom. The van der Waals surface area contributed by atoms with Gasteiger partial charge in [-0.25, -0.2) is 0 Å². The minimum atomic E-state index is -0.228. The van der Waals surface area contributed by atoms with Gasteiger partial charge in [0.15, 0.2) is 5.76 Å². The average Bonchev–Trinajstić information content (AvgIpc) is 2.44. The number of allylic oxidation sites excluding steroid dienone is 3. The third kappa shape index (κ3) is 3.25. The summed E-state index contributed by atoms with van der Waals surface area (Å²) in [7, 11) is 3.18. The van der Waals surface area contributed by atoms with Crippen molar-refractivity contribution in [1.82, 2.24) is 0 Å². The molecule has 0 saturated heterocycles. The third-order valence-electron chi connectivity index (χ3n) is 2.79. The first kappa shape index (κ1) is 14.3. The van der Waals surface area contributed by atoms with Crippen LogP contribution in [0.5, 0.6) is 0 Å². The topological polar surface area (TPSA) is 26.3 Å². The SMILES string of the molecule is CCOC1=C(SSC)C=CC(c2ccccc2)C1=O. The van der Waals surface area contributed by atoms with Gasteiger partial charge in [-0.3, -0.25) is 4.79 Å². The molecule has 0 spiro atoms. The van der Waals surface area contributed by atoms with E-state index in [2.05, 4.69) is 0 Å². The second kappa shape index (κ2) is 6.87. The van der Waals surface area contributed by atoms with E-state index in [-0.39, 0.29) is 11.7 Å².